The van der Waals surface area contributed by atoms with E-state index in [1.807, 2.05) is 12.1 Å². The fraction of sp³-hybridized carbons (Fsp3) is 0.600. The third-order valence-electron chi connectivity index (χ3n) is 6.99. The van der Waals surface area contributed by atoms with E-state index in [-0.39, 0.29) is 0 Å². The molecule has 1 atom stereocenters. The van der Waals surface area contributed by atoms with Crippen LogP contribution in [0.25, 0.3) is 0 Å². The summed E-state index contributed by atoms with van der Waals surface area (Å²) in [5.41, 5.74) is 8.44. The van der Waals surface area contributed by atoms with Crippen molar-refractivity contribution in [3.63, 3.8) is 0 Å². The number of benzene rings is 1. The van der Waals surface area contributed by atoms with Crippen molar-refractivity contribution in [1.29, 1.82) is 0 Å². The van der Waals surface area contributed by atoms with Gasteiger partial charge in [-0.3, -0.25) is 0 Å². The van der Waals surface area contributed by atoms with Gasteiger partial charge in [-0.15, -0.1) is 0 Å². The molecule has 1 aromatic carbocycles. The lowest BCUT2D eigenvalue weighted by Crippen LogP contribution is -2.85. The van der Waals surface area contributed by atoms with Gasteiger partial charge in [-0.1, -0.05) is 51.4 Å². The number of nitrogens with two attached hydrogens (primary N) is 1. The summed E-state index contributed by atoms with van der Waals surface area (Å²) >= 11 is 0. The molecule has 1 aliphatic heterocycles. The van der Waals surface area contributed by atoms with Gasteiger partial charge in [0.05, 0.1) is 20.4 Å². The maximum Gasteiger partial charge on any atom is 0.171 e. The number of hydrogen-bond acceptors (Lipinski definition) is 2. The van der Waals surface area contributed by atoms with E-state index in [0.717, 1.165) is 5.69 Å². The molecule has 2 rings (SSSR count). The number of hydrogen-bond donors (Lipinski definition) is 1. The molecule has 0 radical (unpaired) electrons. The summed E-state index contributed by atoms with van der Waals surface area (Å²) in [5.74, 6) is 0. The summed E-state index contributed by atoms with van der Waals surface area (Å²) in [6, 6.07) is 8.46. The van der Waals surface area contributed by atoms with Crippen molar-refractivity contribution in [3.8, 4) is 0 Å². The Bertz CT molecular complexity index is 537. The molecule has 2 N–H and O–H groups in total. The van der Waals surface area contributed by atoms with Crippen LogP contribution in [0, 0.1) is 0 Å². The molecule has 6 heteroatoms. The monoisotopic (exact) mass is 353 g/mol. The Morgan fingerprint density at radius 3 is 1.76 bits per heavy atom. The quantitative estimate of drug-likeness (QED) is 0.598. The predicted molar refractivity (Wildman–Crippen MR) is 105 cm³/mol. The topological polar surface area (TPSA) is 35.2 Å². The van der Waals surface area contributed by atoms with Crippen LogP contribution >= 0.6 is 0 Å². The molecule has 0 amide bonds. The Morgan fingerprint density at radius 2 is 1.29 bits per heavy atom. The molecule has 1 unspecified atom stereocenters. The first-order chi connectivity index (χ1) is 9.34. The molecular weight excluding hydrogens is 323 g/mol. The zero-order chi connectivity index (χ0) is 16.3. The van der Waals surface area contributed by atoms with Crippen molar-refractivity contribution >= 4 is 35.3 Å². The van der Waals surface area contributed by atoms with Crippen molar-refractivity contribution in [1.82, 2.24) is 0 Å². The van der Waals surface area contributed by atoms with Gasteiger partial charge in [-0.05, 0) is 30.8 Å². The van der Waals surface area contributed by atoms with Gasteiger partial charge in [0.2, 0.25) is 0 Å². The molecule has 0 spiro atoms. The lowest BCUT2D eigenvalue weighted by molar-refractivity contribution is 0.275. The Hall–Kier alpha value is -0.152. The van der Waals surface area contributed by atoms with Crippen LogP contribution in [0.1, 0.15) is 11.3 Å². The smallest absolute Gasteiger partial charge is 0.171 e. The van der Waals surface area contributed by atoms with Gasteiger partial charge in [-0.2, -0.15) is 0 Å². The first kappa shape index (κ1) is 17.2. The minimum atomic E-state index is -1.60. The normalized spacial score (nSPS) is 29.0. The molecule has 1 aliphatic rings. The molecule has 0 aromatic heterocycles. The van der Waals surface area contributed by atoms with Crippen LogP contribution < -0.4 is 5.73 Å². The number of anilines is 1. The average Bonchev–Trinajstić information content (AvgIpc) is 2.35. The SMILES string of the molecule is C[Si]1(C)OC(c2ccc(N)cc2)[Si](C)(C)[Si](C)(C)[Si]1(C)C. The second kappa shape index (κ2) is 4.92. The van der Waals surface area contributed by atoms with Crippen molar-refractivity contribution in [2.24, 2.45) is 0 Å². The van der Waals surface area contributed by atoms with E-state index in [1.54, 1.807) is 0 Å². The lowest BCUT2D eigenvalue weighted by Gasteiger charge is -2.62. The molecule has 0 saturated carbocycles. The van der Waals surface area contributed by atoms with Crippen LogP contribution in [0.15, 0.2) is 24.3 Å². The van der Waals surface area contributed by atoms with E-state index in [0.29, 0.717) is 5.73 Å². The van der Waals surface area contributed by atoms with Gasteiger partial charge < -0.3 is 10.2 Å². The van der Waals surface area contributed by atoms with Gasteiger partial charge >= 0.3 is 0 Å². The van der Waals surface area contributed by atoms with Gasteiger partial charge in [0, 0.05) is 12.8 Å². The molecule has 118 valence electrons. The molecule has 1 saturated heterocycles. The van der Waals surface area contributed by atoms with Crippen molar-refractivity contribution < 1.29 is 4.43 Å². The van der Waals surface area contributed by atoms with Crippen molar-refractivity contribution in [3.05, 3.63) is 29.8 Å². The first-order valence-electron chi connectivity index (χ1n) is 7.88. The molecule has 1 aromatic rings. The second-order valence-corrected chi connectivity index (χ2v) is 47.8. The Morgan fingerprint density at radius 1 is 0.810 bits per heavy atom. The molecule has 2 nitrogen and oxygen atoms in total. The maximum absolute atomic E-state index is 6.92. The summed E-state index contributed by atoms with van der Waals surface area (Å²) in [6.07, 6.45) is 0. The third kappa shape index (κ3) is 2.35. The highest BCUT2D eigenvalue weighted by atomic mass is 29.8. The Balaban J connectivity index is 2.56. The highest BCUT2D eigenvalue weighted by molar-refractivity contribution is 7.83. The number of rotatable bonds is 1. The number of nitrogen functional groups attached to an aromatic ring is 1. The van der Waals surface area contributed by atoms with Crippen LogP contribution in [0.3, 0.4) is 0 Å². The first-order valence-corrected chi connectivity index (χ1v) is 22.9. The van der Waals surface area contributed by atoms with Crippen LogP contribution in [0.4, 0.5) is 5.69 Å². The highest BCUT2D eigenvalue weighted by Gasteiger charge is 2.67. The second-order valence-electron chi connectivity index (χ2n) is 8.65. The predicted octanol–water partition coefficient (Wildman–Crippen LogP) is 4.44. The van der Waals surface area contributed by atoms with E-state index in [2.05, 4.69) is 64.5 Å². The fourth-order valence-electron chi connectivity index (χ4n) is 3.63. The lowest BCUT2D eigenvalue weighted by atomic mass is 10.2. The van der Waals surface area contributed by atoms with Crippen LogP contribution in [0.5, 0.6) is 0 Å². The van der Waals surface area contributed by atoms with E-state index < -0.39 is 29.6 Å². The standard InChI is InChI=1S/C15H31NOSi4/c1-18(2)15(13-9-11-14(16)12-10-13)17-19(3,4)21(7,8)20(18,5)6/h9-12,15H,16H2,1-8H3. The van der Waals surface area contributed by atoms with Gasteiger partial charge in [-0.25, -0.2) is 0 Å². The van der Waals surface area contributed by atoms with Crippen LogP contribution in [0.2, 0.25) is 52.4 Å². The Kier molecular flexibility index (Phi) is 4.03. The molecular formula is C15H31NOSi4. The minimum Gasteiger partial charge on any atom is -0.417 e. The van der Waals surface area contributed by atoms with Gasteiger partial charge in [0.25, 0.3) is 0 Å². The largest absolute Gasteiger partial charge is 0.417 e. The van der Waals surface area contributed by atoms with E-state index in [9.17, 15) is 0 Å². The summed E-state index contributed by atoms with van der Waals surface area (Å²) in [7, 11) is -5.59. The van der Waals surface area contributed by atoms with Crippen LogP contribution in [-0.2, 0) is 4.43 Å². The summed E-state index contributed by atoms with van der Waals surface area (Å²) in [5, 5.41) is 0. The average molecular weight is 354 g/mol. The zero-order valence-electron chi connectivity index (χ0n) is 14.9. The van der Waals surface area contributed by atoms with Crippen LogP contribution in [-0.4, -0.2) is 29.6 Å². The van der Waals surface area contributed by atoms with E-state index in [1.165, 1.54) is 5.56 Å². The van der Waals surface area contributed by atoms with E-state index >= 15 is 0 Å². The molecule has 0 aliphatic carbocycles. The highest BCUT2D eigenvalue weighted by Crippen LogP contribution is 2.48. The summed E-state index contributed by atoms with van der Waals surface area (Å²) in [4.78, 5) is 0. The molecule has 1 heterocycles. The van der Waals surface area contributed by atoms with Crippen molar-refractivity contribution in [2.45, 2.75) is 58.1 Å². The van der Waals surface area contributed by atoms with Crippen molar-refractivity contribution in [2.75, 3.05) is 5.73 Å². The minimum absolute atomic E-state index is 0.363. The Labute approximate surface area is 133 Å². The molecule has 1 fully saturated rings. The van der Waals surface area contributed by atoms with Gasteiger partial charge in [0.15, 0.2) is 7.83 Å². The van der Waals surface area contributed by atoms with E-state index in [4.69, 9.17) is 10.2 Å². The maximum atomic E-state index is 6.92. The summed E-state index contributed by atoms with van der Waals surface area (Å²) < 4.78 is 6.92. The van der Waals surface area contributed by atoms with Gasteiger partial charge in [0.1, 0.15) is 0 Å². The summed E-state index contributed by atoms with van der Waals surface area (Å²) in [6.45, 7) is 20.7. The fourth-order valence-corrected chi connectivity index (χ4v) is 72.0. The third-order valence-corrected chi connectivity index (χ3v) is 73.1. The molecule has 0 bridgehead atoms. The zero-order valence-corrected chi connectivity index (χ0v) is 18.9. The molecule has 21 heavy (non-hydrogen) atoms.